The zero-order chi connectivity index (χ0) is 21.2. The molecular formula is C24H30O5. The van der Waals surface area contributed by atoms with E-state index in [1.54, 1.807) is 12.1 Å². The van der Waals surface area contributed by atoms with Crippen LogP contribution in [0, 0.1) is 0 Å². The number of allylic oxidation sites excluding steroid dienone is 3. The minimum atomic E-state index is -0.493. The van der Waals surface area contributed by atoms with Crippen molar-refractivity contribution in [2.75, 3.05) is 6.61 Å². The lowest BCUT2D eigenvalue weighted by Crippen LogP contribution is -2.33. The van der Waals surface area contributed by atoms with Gasteiger partial charge in [0.2, 0.25) is 0 Å². The van der Waals surface area contributed by atoms with Gasteiger partial charge in [-0.15, -0.1) is 0 Å². The molecule has 0 amide bonds. The largest absolute Gasteiger partial charge is 0.508 e. The fourth-order valence-electron chi connectivity index (χ4n) is 3.87. The molecule has 0 fully saturated rings. The standard InChI is InChI=1S/C24H30O5/c1-15(7-5-8-16(2)14-25)9-6-12-24(4)17(3)21-22(29-24)19-11-10-18(26)13-20(19)28-23(21)27/h8-11,13,17,25-26H,5-7,12,14H2,1-4H3. The van der Waals surface area contributed by atoms with E-state index in [1.165, 1.54) is 11.6 Å². The van der Waals surface area contributed by atoms with Gasteiger partial charge in [-0.25, -0.2) is 4.79 Å². The molecule has 2 atom stereocenters. The molecule has 0 radical (unpaired) electrons. The van der Waals surface area contributed by atoms with Gasteiger partial charge in [0.05, 0.1) is 17.6 Å². The number of phenolic OH excluding ortho intramolecular Hbond substituents is 1. The van der Waals surface area contributed by atoms with Crippen LogP contribution in [-0.4, -0.2) is 22.4 Å². The molecule has 1 aromatic heterocycles. The van der Waals surface area contributed by atoms with Crippen LogP contribution in [0.5, 0.6) is 11.5 Å². The summed E-state index contributed by atoms with van der Waals surface area (Å²) >= 11 is 0. The van der Waals surface area contributed by atoms with Gasteiger partial charge in [0, 0.05) is 12.0 Å². The molecule has 156 valence electrons. The third-order valence-electron chi connectivity index (χ3n) is 5.98. The zero-order valence-electron chi connectivity index (χ0n) is 17.6. The predicted octanol–water partition coefficient (Wildman–Crippen LogP) is 5.20. The normalized spacial score (nSPS) is 22.0. The molecule has 2 heterocycles. The minimum Gasteiger partial charge on any atom is -0.508 e. The van der Waals surface area contributed by atoms with Crippen LogP contribution >= 0.6 is 0 Å². The summed E-state index contributed by atoms with van der Waals surface area (Å²) in [5.74, 6) is 0.548. The highest BCUT2D eigenvalue weighted by Crippen LogP contribution is 2.48. The Hall–Kier alpha value is -2.53. The summed E-state index contributed by atoms with van der Waals surface area (Å²) in [6.07, 6.45) is 7.81. The smallest absolute Gasteiger partial charge is 0.343 e. The van der Waals surface area contributed by atoms with Gasteiger partial charge in [0.1, 0.15) is 22.7 Å². The van der Waals surface area contributed by atoms with E-state index in [9.17, 15) is 9.90 Å². The minimum absolute atomic E-state index is 0.0547. The van der Waals surface area contributed by atoms with E-state index in [-0.39, 0.29) is 18.3 Å². The SMILES string of the molecule is CC(=CCCC(C)=CCCC1(C)Oc2c(c(=O)oc3cc(O)ccc23)C1C)CO. The van der Waals surface area contributed by atoms with E-state index < -0.39 is 11.2 Å². The predicted molar refractivity (Wildman–Crippen MR) is 115 cm³/mol. The first kappa shape index (κ1) is 21.2. The van der Waals surface area contributed by atoms with Gasteiger partial charge < -0.3 is 19.4 Å². The van der Waals surface area contributed by atoms with Gasteiger partial charge >= 0.3 is 5.63 Å². The Morgan fingerprint density at radius 1 is 1.21 bits per heavy atom. The van der Waals surface area contributed by atoms with E-state index >= 15 is 0 Å². The van der Waals surface area contributed by atoms with Crippen molar-refractivity contribution in [1.82, 2.24) is 0 Å². The van der Waals surface area contributed by atoms with E-state index in [0.29, 0.717) is 22.3 Å². The van der Waals surface area contributed by atoms with Crippen molar-refractivity contribution in [2.24, 2.45) is 0 Å². The number of aliphatic hydroxyl groups is 1. The summed E-state index contributed by atoms with van der Waals surface area (Å²) in [7, 11) is 0. The Morgan fingerprint density at radius 3 is 2.66 bits per heavy atom. The highest BCUT2D eigenvalue weighted by atomic mass is 16.5. The molecule has 3 rings (SSSR count). The Morgan fingerprint density at radius 2 is 1.93 bits per heavy atom. The molecule has 0 spiro atoms. The summed E-state index contributed by atoms with van der Waals surface area (Å²) in [6, 6.07) is 4.75. The van der Waals surface area contributed by atoms with Gasteiger partial charge in [-0.1, -0.05) is 30.2 Å². The lowest BCUT2D eigenvalue weighted by atomic mass is 9.84. The van der Waals surface area contributed by atoms with Crippen molar-refractivity contribution < 1.29 is 19.4 Å². The number of aromatic hydroxyl groups is 1. The summed E-state index contributed by atoms with van der Waals surface area (Å²) in [6.45, 7) is 8.21. The summed E-state index contributed by atoms with van der Waals surface area (Å²) in [4.78, 5) is 12.6. The summed E-state index contributed by atoms with van der Waals surface area (Å²) in [5, 5.41) is 19.4. The van der Waals surface area contributed by atoms with Crippen LogP contribution < -0.4 is 10.4 Å². The Balaban J connectivity index is 1.74. The number of fused-ring (bicyclic) bond motifs is 3. The summed E-state index contributed by atoms with van der Waals surface area (Å²) < 4.78 is 11.8. The third-order valence-corrected chi connectivity index (χ3v) is 5.98. The van der Waals surface area contributed by atoms with Crippen LogP contribution in [0.3, 0.4) is 0 Å². The molecule has 2 unspecified atom stereocenters. The molecule has 1 aliphatic rings. The molecule has 2 aromatic rings. The van der Waals surface area contributed by atoms with Gasteiger partial charge in [-0.2, -0.15) is 0 Å². The number of benzene rings is 1. The van der Waals surface area contributed by atoms with E-state index in [4.69, 9.17) is 14.3 Å². The van der Waals surface area contributed by atoms with Crippen LogP contribution in [0.25, 0.3) is 11.0 Å². The molecule has 5 heteroatoms. The Labute approximate surface area is 171 Å². The van der Waals surface area contributed by atoms with E-state index in [1.807, 2.05) is 20.8 Å². The van der Waals surface area contributed by atoms with Crippen LogP contribution in [0.15, 0.2) is 50.7 Å². The molecular weight excluding hydrogens is 368 g/mol. The lowest BCUT2D eigenvalue weighted by Gasteiger charge is -2.28. The first-order valence-corrected chi connectivity index (χ1v) is 10.2. The number of phenols is 1. The number of aliphatic hydroxyl groups excluding tert-OH is 1. The highest BCUT2D eigenvalue weighted by Gasteiger charge is 2.44. The number of hydrogen-bond donors (Lipinski definition) is 2. The van der Waals surface area contributed by atoms with Crippen molar-refractivity contribution in [1.29, 1.82) is 0 Å². The molecule has 0 aliphatic carbocycles. The average molecular weight is 398 g/mol. The van der Waals surface area contributed by atoms with Gasteiger partial charge in [0.15, 0.2) is 0 Å². The number of ether oxygens (including phenoxy) is 1. The van der Waals surface area contributed by atoms with Gasteiger partial charge in [-0.3, -0.25) is 0 Å². The van der Waals surface area contributed by atoms with Crippen LogP contribution in [0.2, 0.25) is 0 Å². The third kappa shape index (κ3) is 4.40. The number of rotatable bonds is 7. The quantitative estimate of drug-likeness (QED) is 0.495. The van der Waals surface area contributed by atoms with Crippen LogP contribution in [0.1, 0.15) is 64.9 Å². The van der Waals surface area contributed by atoms with E-state index in [0.717, 1.165) is 31.3 Å². The fraction of sp³-hybridized carbons (Fsp3) is 0.458. The van der Waals surface area contributed by atoms with Crippen molar-refractivity contribution in [3.05, 3.63) is 57.5 Å². The molecule has 5 nitrogen and oxygen atoms in total. The van der Waals surface area contributed by atoms with Crippen LogP contribution in [0.4, 0.5) is 0 Å². The van der Waals surface area contributed by atoms with Gasteiger partial charge in [0.25, 0.3) is 0 Å². The molecule has 0 saturated carbocycles. The van der Waals surface area contributed by atoms with Crippen molar-refractivity contribution in [3.63, 3.8) is 0 Å². The van der Waals surface area contributed by atoms with Crippen molar-refractivity contribution in [3.8, 4) is 11.5 Å². The second kappa shape index (κ2) is 8.46. The maximum Gasteiger partial charge on any atom is 0.343 e. The van der Waals surface area contributed by atoms with Crippen molar-refractivity contribution >= 4 is 11.0 Å². The second-order valence-corrected chi connectivity index (χ2v) is 8.29. The molecule has 0 saturated heterocycles. The number of hydrogen-bond acceptors (Lipinski definition) is 5. The molecule has 29 heavy (non-hydrogen) atoms. The van der Waals surface area contributed by atoms with Crippen LogP contribution in [-0.2, 0) is 0 Å². The Kier molecular flexibility index (Phi) is 6.18. The molecule has 0 bridgehead atoms. The topological polar surface area (TPSA) is 79.9 Å². The molecule has 2 N–H and O–H groups in total. The average Bonchev–Trinajstić information content (AvgIpc) is 2.93. The Bertz CT molecular complexity index is 1010. The second-order valence-electron chi connectivity index (χ2n) is 8.29. The molecule has 1 aliphatic heterocycles. The first-order chi connectivity index (χ1) is 13.7. The lowest BCUT2D eigenvalue weighted by molar-refractivity contribution is 0.0862. The summed E-state index contributed by atoms with van der Waals surface area (Å²) in [5.41, 5.74) is 2.33. The van der Waals surface area contributed by atoms with Crippen molar-refractivity contribution in [2.45, 2.75) is 64.9 Å². The maximum absolute atomic E-state index is 12.6. The molecule has 1 aromatic carbocycles. The van der Waals surface area contributed by atoms with E-state index in [2.05, 4.69) is 19.1 Å². The first-order valence-electron chi connectivity index (χ1n) is 10.2. The maximum atomic E-state index is 12.6. The monoisotopic (exact) mass is 398 g/mol. The zero-order valence-corrected chi connectivity index (χ0v) is 17.6. The van der Waals surface area contributed by atoms with Gasteiger partial charge in [-0.05, 0) is 58.6 Å². The fourth-order valence-corrected chi connectivity index (χ4v) is 3.87. The highest BCUT2D eigenvalue weighted by molar-refractivity contribution is 5.86.